The highest BCUT2D eigenvalue weighted by Gasteiger charge is 2.35. The van der Waals surface area contributed by atoms with Crippen molar-refractivity contribution in [3.63, 3.8) is 0 Å². The summed E-state index contributed by atoms with van der Waals surface area (Å²) in [6, 6.07) is 5.32. The van der Waals surface area contributed by atoms with Gasteiger partial charge in [0, 0.05) is 18.5 Å². The van der Waals surface area contributed by atoms with E-state index in [1.807, 2.05) is 19.1 Å². The first-order valence-electron chi connectivity index (χ1n) is 10.3. The summed E-state index contributed by atoms with van der Waals surface area (Å²) in [5.74, 6) is 0.0322. The molecule has 3 aromatic rings. The number of halogens is 3. The molecule has 1 aliphatic heterocycles. The van der Waals surface area contributed by atoms with Crippen molar-refractivity contribution in [2.45, 2.75) is 38.9 Å². The van der Waals surface area contributed by atoms with E-state index < -0.39 is 11.9 Å². The monoisotopic (exact) mass is 464 g/mol. The van der Waals surface area contributed by atoms with E-state index in [0.717, 1.165) is 35.1 Å². The fraction of sp³-hybridized carbons (Fsp3) is 0.429. The summed E-state index contributed by atoms with van der Waals surface area (Å²) < 4.78 is 38.5. The van der Waals surface area contributed by atoms with E-state index in [1.165, 1.54) is 4.80 Å². The molecule has 0 radical (unpaired) electrons. The molecule has 0 saturated carbocycles. The molecule has 1 saturated heterocycles. The Hall–Kier alpha value is -2.95. The standard InChI is InChI=1S/C21H23F3N6OS/c1-13-5-6-15(16(10-13)30-26-7-8-27-30)19(31)29-9-3-4-14(2)17(29)11-25-20-28-18(12-32-20)21(22,23)24/h5-8,10,12,14,17H,3-4,9,11H2,1-2H3,(H,25,28)/t14-,17-/m1/s1. The number of hydrogen-bond donors (Lipinski definition) is 1. The van der Waals surface area contributed by atoms with Gasteiger partial charge in [0.2, 0.25) is 0 Å². The molecule has 1 fully saturated rings. The second-order valence-corrected chi connectivity index (χ2v) is 8.80. The van der Waals surface area contributed by atoms with Crippen LogP contribution in [0.3, 0.4) is 0 Å². The lowest BCUT2D eigenvalue weighted by Crippen LogP contribution is -2.51. The zero-order valence-corrected chi connectivity index (χ0v) is 18.5. The van der Waals surface area contributed by atoms with E-state index in [4.69, 9.17) is 0 Å². The number of nitrogens with one attached hydrogen (secondary N) is 1. The lowest BCUT2D eigenvalue weighted by atomic mass is 9.90. The van der Waals surface area contributed by atoms with Gasteiger partial charge >= 0.3 is 6.18 Å². The number of benzene rings is 1. The van der Waals surface area contributed by atoms with Crippen LogP contribution in [-0.4, -0.2) is 49.9 Å². The number of amides is 1. The second-order valence-electron chi connectivity index (χ2n) is 7.94. The van der Waals surface area contributed by atoms with Crippen molar-refractivity contribution in [1.82, 2.24) is 24.9 Å². The molecule has 1 amide bonds. The van der Waals surface area contributed by atoms with Gasteiger partial charge in [-0.1, -0.05) is 13.0 Å². The predicted octanol–water partition coefficient (Wildman–Crippen LogP) is 4.40. The van der Waals surface area contributed by atoms with Crippen LogP contribution in [0, 0.1) is 12.8 Å². The Morgan fingerprint density at radius 2 is 2.03 bits per heavy atom. The third-order valence-electron chi connectivity index (χ3n) is 5.65. The summed E-state index contributed by atoms with van der Waals surface area (Å²) in [6.45, 7) is 4.88. The lowest BCUT2D eigenvalue weighted by Gasteiger charge is -2.40. The third-order valence-corrected chi connectivity index (χ3v) is 6.45. The minimum absolute atomic E-state index is 0.147. The summed E-state index contributed by atoms with van der Waals surface area (Å²) in [5, 5.41) is 12.5. The smallest absolute Gasteiger partial charge is 0.359 e. The van der Waals surface area contributed by atoms with E-state index in [0.29, 0.717) is 24.3 Å². The maximum atomic E-state index is 13.6. The number of nitrogens with zero attached hydrogens (tertiary/aromatic N) is 5. The molecule has 32 heavy (non-hydrogen) atoms. The summed E-state index contributed by atoms with van der Waals surface area (Å²) in [5.41, 5.74) is 1.15. The molecule has 2 aromatic heterocycles. The van der Waals surface area contributed by atoms with Crippen LogP contribution in [0.5, 0.6) is 0 Å². The average molecular weight is 465 g/mol. The number of likely N-dealkylation sites (tertiary alicyclic amines) is 1. The molecule has 2 atom stereocenters. The Kier molecular flexibility index (Phi) is 6.18. The fourth-order valence-electron chi connectivity index (χ4n) is 3.97. The average Bonchev–Trinajstić information content (AvgIpc) is 3.44. The second kappa shape index (κ2) is 8.89. The Bertz CT molecular complexity index is 1080. The molecule has 1 aromatic carbocycles. The molecule has 0 bridgehead atoms. The van der Waals surface area contributed by atoms with Crippen molar-refractivity contribution in [3.05, 3.63) is 52.8 Å². The van der Waals surface area contributed by atoms with Crippen LogP contribution in [0.15, 0.2) is 36.0 Å². The Morgan fingerprint density at radius 1 is 1.28 bits per heavy atom. The lowest BCUT2D eigenvalue weighted by molar-refractivity contribution is -0.140. The van der Waals surface area contributed by atoms with Crippen molar-refractivity contribution >= 4 is 22.4 Å². The number of thiazole rings is 1. The van der Waals surface area contributed by atoms with Crippen molar-refractivity contribution in [1.29, 1.82) is 0 Å². The van der Waals surface area contributed by atoms with Crippen LogP contribution >= 0.6 is 11.3 Å². The minimum atomic E-state index is -4.47. The van der Waals surface area contributed by atoms with E-state index in [2.05, 4.69) is 27.4 Å². The molecule has 1 aliphatic rings. The number of rotatable bonds is 5. The number of anilines is 1. The predicted molar refractivity (Wildman–Crippen MR) is 115 cm³/mol. The highest BCUT2D eigenvalue weighted by molar-refractivity contribution is 7.13. The van der Waals surface area contributed by atoms with E-state index in [9.17, 15) is 18.0 Å². The molecule has 3 heterocycles. The normalized spacial score (nSPS) is 19.2. The molecule has 0 unspecified atom stereocenters. The van der Waals surface area contributed by atoms with Crippen molar-refractivity contribution in [2.75, 3.05) is 18.4 Å². The first-order chi connectivity index (χ1) is 15.2. The highest BCUT2D eigenvalue weighted by Crippen LogP contribution is 2.32. The number of aromatic nitrogens is 4. The van der Waals surface area contributed by atoms with Gasteiger partial charge in [-0.25, -0.2) is 4.98 Å². The molecule has 0 aliphatic carbocycles. The van der Waals surface area contributed by atoms with Crippen LogP contribution in [0.25, 0.3) is 5.69 Å². The zero-order valence-electron chi connectivity index (χ0n) is 17.6. The van der Waals surface area contributed by atoms with Crippen molar-refractivity contribution < 1.29 is 18.0 Å². The third kappa shape index (κ3) is 4.62. The topological polar surface area (TPSA) is 75.9 Å². The largest absolute Gasteiger partial charge is 0.434 e. The number of aryl methyl sites for hydroxylation is 1. The first kappa shape index (κ1) is 22.3. The van der Waals surface area contributed by atoms with Crippen LogP contribution in [-0.2, 0) is 6.18 Å². The number of alkyl halides is 3. The zero-order chi connectivity index (χ0) is 22.9. The van der Waals surface area contributed by atoms with E-state index in [1.54, 1.807) is 23.4 Å². The van der Waals surface area contributed by atoms with E-state index in [-0.39, 0.29) is 23.0 Å². The minimum Gasteiger partial charge on any atom is -0.359 e. The van der Waals surface area contributed by atoms with E-state index >= 15 is 0 Å². The van der Waals surface area contributed by atoms with Gasteiger partial charge in [0.25, 0.3) is 5.91 Å². The molecule has 4 rings (SSSR count). The maximum Gasteiger partial charge on any atom is 0.434 e. The van der Waals surface area contributed by atoms with Crippen LogP contribution in [0.1, 0.15) is 41.4 Å². The quantitative estimate of drug-likeness (QED) is 0.606. The number of hydrogen-bond acceptors (Lipinski definition) is 6. The van der Waals surface area contributed by atoms with Crippen LogP contribution in [0.4, 0.5) is 18.3 Å². The number of carbonyl (C=O) groups excluding carboxylic acids is 1. The SMILES string of the molecule is Cc1ccc(C(=O)N2CCC[C@@H](C)[C@H]2CNc2nc(C(F)(F)F)cs2)c(-n2nccn2)c1. The van der Waals surface area contributed by atoms with Gasteiger partial charge < -0.3 is 10.2 Å². The van der Waals surface area contributed by atoms with Gasteiger partial charge in [0.05, 0.1) is 29.7 Å². The Morgan fingerprint density at radius 3 is 2.72 bits per heavy atom. The number of piperidine rings is 1. The first-order valence-corrected chi connectivity index (χ1v) is 11.2. The summed E-state index contributed by atoms with van der Waals surface area (Å²) in [7, 11) is 0. The molecule has 170 valence electrons. The molecule has 1 N–H and O–H groups in total. The van der Waals surface area contributed by atoms with Crippen LogP contribution in [0.2, 0.25) is 0 Å². The fourth-order valence-corrected chi connectivity index (χ4v) is 4.70. The molecular weight excluding hydrogens is 441 g/mol. The maximum absolute atomic E-state index is 13.6. The van der Waals surface area contributed by atoms with Gasteiger partial charge in [-0.2, -0.15) is 28.2 Å². The van der Waals surface area contributed by atoms with Gasteiger partial charge in [-0.3, -0.25) is 4.79 Å². The van der Waals surface area contributed by atoms with Gasteiger partial charge in [-0.05, 0) is 43.4 Å². The van der Waals surface area contributed by atoms with Crippen LogP contribution < -0.4 is 5.32 Å². The molecule has 0 spiro atoms. The number of carbonyl (C=O) groups is 1. The summed E-state index contributed by atoms with van der Waals surface area (Å²) >= 11 is 0.909. The van der Waals surface area contributed by atoms with Crippen molar-refractivity contribution in [3.8, 4) is 5.69 Å². The molecule has 11 heteroatoms. The van der Waals surface area contributed by atoms with Gasteiger partial charge in [0.1, 0.15) is 0 Å². The molecule has 7 nitrogen and oxygen atoms in total. The summed E-state index contributed by atoms with van der Waals surface area (Å²) in [4.78, 5) is 20.5. The Labute approximate surface area is 187 Å². The Balaban J connectivity index is 1.57. The van der Waals surface area contributed by atoms with Crippen molar-refractivity contribution in [2.24, 2.45) is 5.92 Å². The van der Waals surface area contributed by atoms with Gasteiger partial charge in [-0.15, -0.1) is 11.3 Å². The van der Waals surface area contributed by atoms with Gasteiger partial charge in [0.15, 0.2) is 10.8 Å². The molecular formula is C21H23F3N6OS. The highest BCUT2D eigenvalue weighted by atomic mass is 32.1. The summed E-state index contributed by atoms with van der Waals surface area (Å²) in [6.07, 6.45) is 0.424.